The van der Waals surface area contributed by atoms with Crippen molar-refractivity contribution in [2.75, 3.05) is 5.32 Å². The minimum Gasteiger partial charge on any atom is -0.406 e. The number of imidazole rings is 1. The smallest absolute Gasteiger partial charge is 0.406 e. The van der Waals surface area contributed by atoms with E-state index in [9.17, 15) is 13.2 Å². The highest BCUT2D eigenvalue weighted by Gasteiger charge is 2.31. The lowest BCUT2D eigenvalue weighted by Crippen LogP contribution is -2.17. The van der Waals surface area contributed by atoms with Crippen molar-refractivity contribution < 1.29 is 17.9 Å². The van der Waals surface area contributed by atoms with Crippen molar-refractivity contribution in [3.8, 4) is 11.4 Å². The molecule has 3 aromatic carbocycles. The molecule has 1 N–H and O–H groups in total. The van der Waals surface area contributed by atoms with Crippen LogP contribution in [0.2, 0.25) is 5.02 Å². The van der Waals surface area contributed by atoms with Crippen molar-refractivity contribution in [1.82, 2.24) is 9.55 Å². The van der Waals surface area contributed by atoms with Crippen molar-refractivity contribution in [1.29, 1.82) is 0 Å². The van der Waals surface area contributed by atoms with Gasteiger partial charge < -0.3 is 10.1 Å². The van der Waals surface area contributed by atoms with E-state index < -0.39 is 6.36 Å². The maximum atomic E-state index is 12.5. The molecule has 4 aromatic rings. The van der Waals surface area contributed by atoms with Crippen LogP contribution in [0, 0.1) is 0 Å². The Morgan fingerprint density at radius 2 is 1.61 bits per heavy atom. The van der Waals surface area contributed by atoms with Crippen LogP contribution in [0.25, 0.3) is 16.7 Å². The molecule has 0 spiro atoms. The first-order chi connectivity index (χ1) is 15.5. The molecule has 0 unspecified atom stereocenters. The van der Waals surface area contributed by atoms with Crippen LogP contribution in [0.15, 0.2) is 66.7 Å². The molecule has 0 amide bonds. The molecule has 1 heterocycles. The van der Waals surface area contributed by atoms with Gasteiger partial charge in [-0.2, -0.15) is 0 Å². The number of aromatic nitrogens is 2. The van der Waals surface area contributed by atoms with E-state index in [0.29, 0.717) is 28.7 Å². The molecule has 0 aliphatic rings. The van der Waals surface area contributed by atoms with Gasteiger partial charge in [0.05, 0.1) is 11.0 Å². The van der Waals surface area contributed by atoms with Gasteiger partial charge in [-0.25, -0.2) is 4.98 Å². The molecule has 0 bridgehead atoms. The molecule has 0 saturated carbocycles. The third-order valence-electron chi connectivity index (χ3n) is 5.22. The highest BCUT2D eigenvalue weighted by atomic mass is 35.5. The van der Waals surface area contributed by atoms with E-state index in [0.717, 1.165) is 11.1 Å². The average molecular weight is 474 g/mol. The SMILES string of the molecule is CC(C)(C)c1ccc(CNc2nc3ccc(Cl)cc3n2-c2ccc(OC(F)(F)F)cc2)cc1. The lowest BCUT2D eigenvalue weighted by molar-refractivity contribution is -0.274. The van der Waals surface area contributed by atoms with Gasteiger partial charge in [0.25, 0.3) is 0 Å². The van der Waals surface area contributed by atoms with Crippen LogP contribution < -0.4 is 10.1 Å². The molecule has 4 nitrogen and oxygen atoms in total. The number of nitrogens with zero attached hydrogens (tertiary/aromatic N) is 2. The first-order valence-corrected chi connectivity index (χ1v) is 10.7. The largest absolute Gasteiger partial charge is 0.573 e. The number of hydrogen-bond donors (Lipinski definition) is 1. The number of halogens is 4. The van der Waals surface area contributed by atoms with Crippen molar-refractivity contribution >= 4 is 28.6 Å². The fraction of sp³-hybridized carbons (Fsp3) is 0.240. The van der Waals surface area contributed by atoms with Crippen molar-refractivity contribution in [2.45, 2.75) is 39.1 Å². The number of alkyl halides is 3. The molecule has 0 atom stereocenters. The van der Waals surface area contributed by atoms with Gasteiger partial charge in [0.15, 0.2) is 0 Å². The van der Waals surface area contributed by atoms with Crippen LogP contribution >= 0.6 is 11.6 Å². The first-order valence-electron chi connectivity index (χ1n) is 10.4. The Bertz CT molecular complexity index is 1260. The minimum absolute atomic E-state index is 0.0706. The predicted octanol–water partition coefficient (Wildman–Crippen LogP) is 7.49. The average Bonchev–Trinajstić information content (AvgIpc) is 3.09. The van der Waals surface area contributed by atoms with E-state index in [1.807, 2.05) is 4.57 Å². The molecule has 33 heavy (non-hydrogen) atoms. The second-order valence-corrected chi connectivity index (χ2v) is 9.18. The number of fused-ring (bicyclic) bond motifs is 1. The summed E-state index contributed by atoms with van der Waals surface area (Å²) in [6.07, 6.45) is -4.74. The second kappa shape index (κ2) is 8.63. The quantitative estimate of drug-likeness (QED) is 0.326. The molecule has 0 radical (unpaired) electrons. The van der Waals surface area contributed by atoms with Crippen LogP contribution in [0.4, 0.5) is 19.1 Å². The molecule has 0 fully saturated rings. The fourth-order valence-electron chi connectivity index (χ4n) is 3.53. The Morgan fingerprint density at radius 1 is 0.939 bits per heavy atom. The predicted molar refractivity (Wildman–Crippen MR) is 125 cm³/mol. The van der Waals surface area contributed by atoms with E-state index in [1.54, 1.807) is 30.3 Å². The zero-order chi connectivity index (χ0) is 23.8. The third kappa shape index (κ3) is 5.42. The van der Waals surface area contributed by atoms with Crippen molar-refractivity contribution in [2.24, 2.45) is 0 Å². The van der Waals surface area contributed by atoms with Crippen LogP contribution in [0.1, 0.15) is 31.9 Å². The number of benzene rings is 3. The van der Waals surface area contributed by atoms with Gasteiger partial charge >= 0.3 is 6.36 Å². The molecular formula is C25H23ClF3N3O. The summed E-state index contributed by atoms with van der Waals surface area (Å²) < 4.78 is 43.4. The van der Waals surface area contributed by atoms with Crippen molar-refractivity contribution in [3.63, 3.8) is 0 Å². The van der Waals surface area contributed by atoms with E-state index in [2.05, 4.69) is 60.1 Å². The summed E-state index contributed by atoms with van der Waals surface area (Å²) in [4.78, 5) is 4.67. The van der Waals surface area contributed by atoms with Gasteiger partial charge in [0.1, 0.15) is 5.75 Å². The molecule has 1 aromatic heterocycles. The Labute approximate surface area is 195 Å². The highest BCUT2D eigenvalue weighted by Crippen LogP contribution is 2.30. The number of anilines is 1. The number of nitrogens with one attached hydrogen (secondary N) is 1. The fourth-order valence-corrected chi connectivity index (χ4v) is 3.70. The summed E-state index contributed by atoms with van der Waals surface area (Å²) in [5.41, 5.74) is 4.46. The maximum Gasteiger partial charge on any atom is 0.573 e. The zero-order valence-corrected chi connectivity index (χ0v) is 19.1. The Kier molecular flexibility index (Phi) is 6.01. The van der Waals surface area contributed by atoms with Gasteiger partial charge in [-0.05, 0) is 59.0 Å². The van der Waals surface area contributed by atoms with Crippen LogP contribution in [0.3, 0.4) is 0 Å². The highest BCUT2D eigenvalue weighted by molar-refractivity contribution is 6.31. The van der Waals surface area contributed by atoms with E-state index in [-0.39, 0.29) is 11.2 Å². The standard InChI is InChI=1S/C25H23ClF3N3O/c1-24(2,3)17-6-4-16(5-7-17)15-30-23-31-21-13-8-18(26)14-22(21)32(23)19-9-11-20(12-10-19)33-25(27,28)29/h4-14H,15H2,1-3H3,(H,30,31). The summed E-state index contributed by atoms with van der Waals surface area (Å²) in [5.74, 6) is 0.263. The van der Waals surface area contributed by atoms with Gasteiger partial charge in [-0.3, -0.25) is 4.57 Å². The summed E-state index contributed by atoms with van der Waals surface area (Å²) in [6, 6.07) is 19.3. The molecule has 172 valence electrons. The summed E-state index contributed by atoms with van der Waals surface area (Å²) >= 11 is 6.20. The van der Waals surface area contributed by atoms with E-state index in [4.69, 9.17) is 11.6 Å². The molecular weight excluding hydrogens is 451 g/mol. The lowest BCUT2D eigenvalue weighted by Gasteiger charge is -2.19. The number of rotatable bonds is 5. The lowest BCUT2D eigenvalue weighted by atomic mass is 9.87. The molecule has 8 heteroatoms. The van der Waals surface area contributed by atoms with Gasteiger partial charge in [-0.1, -0.05) is 56.6 Å². The summed E-state index contributed by atoms with van der Waals surface area (Å²) in [6.45, 7) is 7.02. The van der Waals surface area contributed by atoms with E-state index in [1.165, 1.54) is 17.7 Å². The molecule has 0 aliphatic heterocycles. The topological polar surface area (TPSA) is 39.1 Å². The van der Waals surface area contributed by atoms with Gasteiger partial charge in [0.2, 0.25) is 5.95 Å². The Balaban J connectivity index is 1.65. The van der Waals surface area contributed by atoms with E-state index >= 15 is 0 Å². The van der Waals surface area contributed by atoms with Crippen LogP contribution in [-0.4, -0.2) is 15.9 Å². The normalized spacial score (nSPS) is 12.2. The Hall–Kier alpha value is -3.19. The third-order valence-corrected chi connectivity index (χ3v) is 5.45. The first kappa shape index (κ1) is 23.0. The van der Waals surface area contributed by atoms with Gasteiger partial charge in [0, 0.05) is 17.3 Å². The molecule has 4 rings (SSSR count). The Morgan fingerprint density at radius 3 is 2.21 bits per heavy atom. The molecule has 0 saturated heterocycles. The summed E-state index contributed by atoms with van der Waals surface area (Å²) in [5, 5.41) is 3.88. The molecule has 0 aliphatic carbocycles. The minimum atomic E-state index is -4.74. The number of hydrogen-bond acceptors (Lipinski definition) is 3. The zero-order valence-electron chi connectivity index (χ0n) is 18.4. The maximum absolute atomic E-state index is 12.5. The van der Waals surface area contributed by atoms with Crippen LogP contribution in [-0.2, 0) is 12.0 Å². The van der Waals surface area contributed by atoms with Crippen molar-refractivity contribution in [3.05, 3.63) is 82.9 Å². The number of ether oxygens (including phenoxy) is 1. The van der Waals surface area contributed by atoms with Crippen LogP contribution in [0.5, 0.6) is 5.75 Å². The van der Waals surface area contributed by atoms with Gasteiger partial charge in [-0.15, -0.1) is 13.2 Å². The monoisotopic (exact) mass is 473 g/mol. The summed E-state index contributed by atoms with van der Waals surface area (Å²) in [7, 11) is 0. The second-order valence-electron chi connectivity index (χ2n) is 8.75.